The molecule has 182 valence electrons. The van der Waals surface area contributed by atoms with Gasteiger partial charge >= 0.3 is 0 Å². The Bertz CT molecular complexity index is 1450. The average molecular weight is 531 g/mol. The summed E-state index contributed by atoms with van der Waals surface area (Å²) in [7, 11) is -3.76. The summed E-state index contributed by atoms with van der Waals surface area (Å²) < 4.78 is 33.3. The second kappa shape index (κ2) is 9.57. The average Bonchev–Trinajstić information content (AvgIpc) is 3.50. The Balaban J connectivity index is 1.31. The van der Waals surface area contributed by atoms with Gasteiger partial charge in [-0.1, -0.05) is 35.9 Å². The number of anilines is 1. The van der Waals surface area contributed by atoms with Crippen molar-refractivity contribution in [3.05, 3.63) is 71.6 Å². The van der Waals surface area contributed by atoms with Crippen molar-refractivity contribution in [3.8, 4) is 0 Å². The third-order valence-electron chi connectivity index (χ3n) is 6.19. The maximum atomic E-state index is 13.3. The zero-order chi connectivity index (χ0) is 24.6. The van der Waals surface area contributed by atoms with Crippen molar-refractivity contribution in [1.82, 2.24) is 24.1 Å². The predicted octanol–water partition coefficient (Wildman–Crippen LogP) is 3.51. The quantitative estimate of drug-likeness (QED) is 0.395. The molecule has 0 aliphatic carbocycles. The fraction of sp³-hybridized carbons (Fsp3) is 0.261. The lowest BCUT2D eigenvalue weighted by Crippen LogP contribution is -2.54. The number of rotatable bonds is 6. The molecule has 0 saturated carbocycles. The second-order valence-electron chi connectivity index (χ2n) is 8.30. The zero-order valence-electron chi connectivity index (χ0n) is 18.8. The number of halogens is 1. The number of aromatic nitrogens is 3. The number of nitrogens with zero attached hydrogens (tertiary/aromatic N) is 4. The largest absolute Gasteiger partial charge is 0.337 e. The standard InChI is InChI=1S/C23H23ClN6O3S2/c1-15-21(16-5-7-18(8-6-16)35(32,33)28-23-26-14-27-34-23)25-10-12-30(15)20(31)13-29-11-9-17-3-2-4-19(24)22(17)29/h2-9,11,14-15,21,25H,10,12-13H2,1H3,(H,26,27,28)/t15?,21-/m0/s1. The summed E-state index contributed by atoms with van der Waals surface area (Å²) in [6, 6.07) is 14.0. The van der Waals surface area contributed by atoms with Crippen LogP contribution >= 0.6 is 23.1 Å². The first-order valence-electron chi connectivity index (χ1n) is 11.0. The van der Waals surface area contributed by atoms with Crippen LogP contribution in [0.25, 0.3) is 10.9 Å². The number of carbonyl (C=O) groups excluding carboxylic acids is 1. The molecule has 1 saturated heterocycles. The summed E-state index contributed by atoms with van der Waals surface area (Å²) in [6.07, 6.45) is 3.18. The molecule has 9 nitrogen and oxygen atoms in total. The van der Waals surface area contributed by atoms with E-state index in [1.165, 1.54) is 6.33 Å². The van der Waals surface area contributed by atoms with Crippen LogP contribution < -0.4 is 10.0 Å². The van der Waals surface area contributed by atoms with Crippen LogP contribution in [0.15, 0.2) is 66.0 Å². The molecular weight excluding hydrogens is 508 g/mol. The van der Waals surface area contributed by atoms with Gasteiger partial charge in [0, 0.05) is 42.2 Å². The lowest BCUT2D eigenvalue weighted by molar-refractivity contribution is -0.135. The summed E-state index contributed by atoms with van der Waals surface area (Å²) in [4.78, 5) is 19.1. The molecule has 2 aromatic heterocycles. The van der Waals surface area contributed by atoms with Crippen LogP contribution in [0.2, 0.25) is 5.02 Å². The van der Waals surface area contributed by atoms with E-state index in [2.05, 4.69) is 19.4 Å². The molecule has 3 heterocycles. The fourth-order valence-corrected chi connectivity index (χ4v) is 6.42. The number of sulfonamides is 1. The molecule has 2 aromatic carbocycles. The van der Waals surface area contributed by atoms with Crippen molar-refractivity contribution in [1.29, 1.82) is 0 Å². The normalized spacial score (nSPS) is 18.6. The van der Waals surface area contributed by atoms with Crippen molar-refractivity contribution in [2.24, 2.45) is 0 Å². The molecule has 4 aromatic rings. The Hall–Kier alpha value is -2.99. The van der Waals surface area contributed by atoms with E-state index < -0.39 is 10.0 Å². The molecule has 1 fully saturated rings. The Labute approximate surface area is 212 Å². The van der Waals surface area contributed by atoms with Gasteiger partial charge in [0.05, 0.1) is 21.5 Å². The topological polar surface area (TPSA) is 109 Å². The molecule has 1 aliphatic heterocycles. The smallest absolute Gasteiger partial charge is 0.263 e. The highest BCUT2D eigenvalue weighted by atomic mass is 35.5. The summed E-state index contributed by atoms with van der Waals surface area (Å²) in [5.41, 5.74) is 1.75. The van der Waals surface area contributed by atoms with E-state index in [1.54, 1.807) is 24.3 Å². The molecule has 0 spiro atoms. The van der Waals surface area contributed by atoms with Crippen molar-refractivity contribution in [3.63, 3.8) is 0 Å². The summed E-state index contributed by atoms with van der Waals surface area (Å²) in [5.74, 6) is 0.00174. The summed E-state index contributed by atoms with van der Waals surface area (Å²) >= 11 is 7.35. The van der Waals surface area contributed by atoms with Gasteiger partial charge in [0.15, 0.2) is 0 Å². The van der Waals surface area contributed by atoms with Gasteiger partial charge < -0.3 is 14.8 Å². The van der Waals surface area contributed by atoms with Crippen LogP contribution in [0, 0.1) is 0 Å². The number of benzene rings is 2. The highest BCUT2D eigenvalue weighted by molar-refractivity contribution is 7.93. The molecule has 35 heavy (non-hydrogen) atoms. The van der Waals surface area contributed by atoms with E-state index >= 15 is 0 Å². The molecule has 1 amide bonds. The molecule has 1 unspecified atom stereocenters. The molecule has 0 radical (unpaired) electrons. The van der Waals surface area contributed by atoms with Gasteiger partial charge in [-0.25, -0.2) is 13.4 Å². The van der Waals surface area contributed by atoms with Crippen molar-refractivity contribution in [2.45, 2.75) is 30.4 Å². The van der Waals surface area contributed by atoms with Gasteiger partial charge in [0.1, 0.15) is 12.9 Å². The minimum Gasteiger partial charge on any atom is -0.337 e. The third kappa shape index (κ3) is 4.76. The first-order chi connectivity index (χ1) is 16.8. The number of hydrogen-bond acceptors (Lipinski definition) is 7. The van der Waals surface area contributed by atoms with Crippen LogP contribution in [0.5, 0.6) is 0 Å². The number of hydrogen-bond donors (Lipinski definition) is 2. The highest BCUT2D eigenvalue weighted by Crippen LogP contribution is 2.28. The van der Waals surface area contributed by atoms with Gasteiger partial charge in [-0.05, 0) is 36.8 Å². The van der Waals surface area contributed by atoms with Crippen molar-refractivity contribution < 1.29 is 13.2 Å². The lowest BCUT2D eigenvalue weighted by atomic mass is 9.97. The molecular formula is C23H23ClN6O3S2. The highest BCUT2D eigenvalue weighted by Gasteiger charge is 2.32. The first kappa shape index (κ1) is 23.7. The number of carbonyl (C=O) groups is 1. The Kier molecular flexibility index (Phi) is 6.49. The van der Waals surface area contributed by atoms with Crippen molar-refractivity contribution in [2.75, 3.05) is 17.8 Å². The molecule has 5 rings (SSSR count). The maximum Gasteiger partial charge on any atom is 0.263 e. The number of nitrogens with one attached hydrogen (secondary N) is 2. The summed E-state index contributed by atoms with van der Waals surface area (Å²) in [5, 5.41) is 5.28. The molecule has 2 N–H and O–H groups in total. The Morgan fingerprint density at radius 2 is 2.03 bits per heavy atom. The van der Waals surface area contributed by atoms with Gasteiger partial charge in [-0.3, -0.25) is 9.52 Å². The number of piperazine rings is 1. The monoisotopic (exact) mass is 530 g/mol. The number of fused-ring (bicyclic) bond motifs is 1. The van der Waals surface area contributed by atoms with E-state index in [0.29, 0.717) is 18.1 Å². The molecule has 0 bridgehead atoms. The van der Waals surface area contributed by atoms with Gasteiger partial charge in [-0.15, -0.1) is 0 Å². The van der Waals surface area contributed by atoms with E-state index in [4.69, 9.17) is 11.6 Å². The van der Waals surface area contributed by atoms with E-state index in [1.807, 2.05) is 46.9 Å². The van der Waals surface area contributed by atoms with Gasteiger partial charge in [-0.2, -0.15) is 4.37 Å². The van der Waals surface area contributed by atoms with Crippen LogP contribution in [0.4, 0.5) is 5.13 Å². The van der Waals surface area contributed by atoms with E-state index in [0.717, 1.165) is 28.0 Å². The van der Waals surface area contributed by atoms with Crippen LogP contribution in [-0.4, -0.2) is 52.3 Å². The zero-order valence-corrected chi connectivity index (χ0v) is 21.1. The maximum absolute atomic E-state index is 13.3. The van der Waals surface area contributed by atoms with Crippen LogP contribution in [-0.2, 0) is 21.4 Å². The Morgan fingerprint density at radius 1 is 1.23 bits per heavy atom. The Morgan fingerprint density at radius 3 is 2.77 bits per heavy atom. The first-order valence-corrected chi connectivity index (χ1v) is 13.6. The van der Waals surface area contributed by atoms with Gasteiger partial charge in [0.2, 0.25) is 11.0 Å². The summed E-state index contributed by atoms with van der Waals surface area (Å²) in [6.45, 7) is 3.41. The van der Waals surface area contributed by atoms with Gasteiger partial charge in [0.25, 0.3) is 10.0 Å². The lowest BCUT2D eigenvalue weighted by Gasteiger charge is -2.40. The number of para-hydroxylation sites is 1. The minimum absolute atomic E-state index is 0.00174. The minimum atomic E-state index is -3.76. The number of amides is 1. The van der Waals surface area contributed by atoms with E-state index in [-0.39, 0.29) is 34.6 Å². The SMILES string of the molecule is CC1[C@@H](c2ccc(S(=O)(=O)Nc3ncns3)cc2)NCCN1C(=O)Cn1ccc2cccc(Cl)c21. The predicted molar refractivity (Wildman–Crippen MR) is 136 cm³/mol. The molecule has 2 atom stereocenters. The second-order valence-corrected chi connectivity index (χ2v) is 11.2. The molecule has 1 aliphatic rings. The van der Waals surface area contributed by atoms with Crippen molar-refractivity contribution >= 4 is 55.1 Å². The molecule has 12 heteroatoms. The van der Waals surface area contributed by atoms with Crippen LogP contribution in [0.1, 0.15) is 18.5 Å². The third-order valence-corrected chi connectivity index (χ3v) is 8.56. The van der Waals surface area contributed by atoms with Crippen LogP contribution in [0.3, 0.4) is 0 Å². The van der Waals surface area contributed by atoms with E-state index in [9.17, 15) is 13.2 Å². The fourth-order valence-electron chi connectivity index (χ4n) is 4.47.